The molecule has 0 spiro atoms. The van der Waals surface area contributed by atoms with Crippen molar-refractivity contribution in [2.75, 3.05) is 0 Å². The Morgan fingerprint density at radius 2 is 1.43 bits per heavy atom. The largest absolute Gasteiger partial charge is 1.00 e. The van der Waals surface area contributed by atoms with Gasteiger partial charge in [0, 0.05) is 0 Å². The van der Waals surface area contributed by atoms with Crippen LogP contribution < -0.4 is 18.9 Å². The first-order valence-electron chi connectivity index (χ1n) is 2.35. The summed E-state index contributed by atoms with van der Waals surface area (Å²) in [5.74, 6) is 0. The monoisotopic (exact) mass is 92.1 g/mol. The summed E-state index contributed by atoms with van der Waals surface area (Å²) in [6.45, 7) is 10.3. The fraction of sp³-hybridized carbons (Fsp3) is 0.833. The zero-order chi connectivity index (χ0) is 5.21. The Bertz CT molecular complexity index is 33.9. The SMILES string of the molecule is [CH2-]CC(C)(C)C.[Li+]. The minimum absolute atomic E-state index is 0. The van der Waals surface area contributed by atoms with Crippen LogP contribution >= 0.6 is 0 Å². The predicted octanol–water partition coefficient (Wildman–Crippen LogP) is -0.739. The van der Waals surface area contributed by atoms with E-state index in [1.54, 1.807) is 0 Å². The van der Waals surface area contributed by atoms with Gasteiger partial charge in [-0.05, 0) is 0 Å². The van der Waals surface area contributed by atoms with E-state index >= 15 is 0 Å². The maximum atomic E-state index is 3.76. The standard InChI is InChI=1S/C6H13.Li/c1-5-6(2,3)4;/h1,5H2,2-4H3;/q-1;+1. The van der Waals surface area contributed by atoms with Crippen molar-refractivity contribution < 1.29 is 18.9 Å². The second-order valence-electron chi connectivity index (χ2n) is 2.81. The molecule has 0 saturated heterocycles. The molecule has 0 aromatic carbocycles. The van der Waals surface area contributed by atoms with Crippen LogP contribution in [0, 0.1) is 12.3 Å². The Labute approximate surface area is 58.9 Å². The van der Waals surface area contributed by atoms with Gasteiger partial charge in [-0.15, -0.1) is 0 Å². The predicted molar refractivity (Wildman–Crippen MR) is 29.4 cm³/mol. The zero-order valence-electron chi connectivity index (χ0n) is 5.91. The zero-order valence-corrected chi connectivity index (χ0v) is 5.91. The normalized spacial score (nSPS) is 10.3. The van der Waals surface area contributed by atoms with Crippen LogP contribution in [-0.2, 0) is 0 Å². The fourth-order valence-corrected chi connectivity index (χ4v) is 0. The van der Waals surface area contributed by atoms with Crippen molar-refractivity contribution in [2.45, 2.75) is 27.2 Å². The van der Waals surface area contributed by atoms with Gasteiger partial charge in [0.25, 0.3) is 0 Å². The van der Waals surface area contributed by atoms with Crippen molar-refractivity contribution in [3.63, 3.8) is 0 Å². The van der Waals surface area contributed by atoms with Crippen molar-refractivity contribution in [3.8, 4) is 0 Å². The molecule has 0 rings (SSSR count). The van der Waals surface area contributed by atoms with Gasteiger partial charge in [0.15, 0.2) is 0 Å². The van der Waals surface area contributed by atoms with E-state index in [9.17, 15) is 0 Å². The molecule has 0 aliphatic carbocycles. The third-order valence-electron chi connectivity index (χ3n) is 0.750. The van der Waals surface area contributed by atoms with Gasteiger partial charge in [-0.1, -0.05) is 26.2 Å². The van der Waals surface area contributed by atoms with Crippen LogP contribution in [0.15, 0.2) is 0 Å². The van der Waals surface area contributed by atoms with Crippen LogP contribution in [0.4, 0.5) is 0 Å². The van der Waals surface area contributed by atoms with Gasteiger partial charge in [-0.25, -0.2) is 0 Å². The van der Waals surface area contributed by atoms with E-state index in [-0.39, 0.29) is 18.9 Å². The van der Waals surface area contributed by atoms with Crippen LogP contribution in [0.2, 0.25) is 0 Å². The molecule has 0 aromatic rings. The Balaban J connectivity index is 0. The summed E-state index contributed by atoms with van der Waals surface area (Å²) in [5, 5.41) is 0. The molecule has 0 nitrogen and oxygen atoms in total. The van der Waals surface area contributed by atoms with Crippen LogP contribution in [0.1, 0.15) is 27.2 Å². The van der Waals surface area contributed by atoms with Gasteiger partial charge >= 0.3 is 18.9 Å². The molecule has 0 aliphatic rings. The Kier molecular flexibility index (Phi) is 5.40. The molecule has 0 aliphatic heterocycles. The number of hydrogen-bond acceptors (Lipinski definition) is 0. The summed E-state index contributed by atoms with van der Waals surface area (Å²) in [7, 11) is 0. The quantitative estimate of drug-likeness (QED) is 0.273. The van der Waals surface area contributed by atoms with Crippen LogP contribution in [0.3, 0.4) is 0 Å². The minimum Gasteiger partial charge on any atom is -0.343 e. The first-order valence-corrected chi connectivity index (χ1v) is 2.35. The van der Waals surface area contributed by atoms with Gasteiger partial charge in [-0.2, -0.15) is 6.42 Å². The summed E-state index contributed by atoms with van der Waals surface area (Å²) in [5.41, 5.74) is 0.431. The second kappa shape index (κ2) is 3.58. The summed E-state index contributed by atoms with van der Waals surface area (Å²) < 4.78 is 0. The molecular weight excluding hydrogens is 79.0 g/mol. The van der Waals surface area contributed by atoms with Crippen LogP contribution in [0.5, 0.6) is 0 Å². The topological polar surface area (TPSA) is 0 Å². The van der Waals surface area contributed by atoms with Gasteiger partial charge in [0.2, 0.25) is 0 Å². The first-order chi connectivity index (χ1) is 2.56. The Morgan fingerprint density at radius 1 is 1.29 bits per heavy atom. The molecule has 0 unspecified atom stereocenters. The maximum absolute atomic E-state index is 3.76. The summed E-state index contributed by atoms with van der Waals surface area (Å²) in [4.78, 5) is 0. The summed E-state index contributed by atoms with van der Waals surface area (Å²) >= 11 is 0. The molecule has 1 heteroatoms. The van der Waals surface area contributed by atoms with E-state index in [2.05, 4.69) is 27.7 Å². The van der Waals surface area contributed by atoms with E-state index in [4.69, 9.17) is 0 Å². The third kappa shape index (κ3) is 10.8. The molecule has 38 valence electrons. The molecule has 0 bridgehead atoms. The van der Waals surface area contributed by atoms with Crippen molar-refractivity contribution in [2.24, 2.45) is 5.41 Å². The van der Waals surface area contributed by atoms with Gasteiger partial charge < -0.3 is 6.92 Å². The van der Waals surface area contributed by atoms with Gasteiger partial charge in [0.05, 0.1) is 0 Å². The van der Waals surface area contributed by atoms with Crippen LogP contribution in [0.25, 0.3) is 0 Å². The maximum Gasteiger partial charge on any atom is 1.00 e. The molecule has 0 amide bonds. The molecule has 0 radical (unpaired) electrons. The van der Waals surface area contributed by atoms with Gasteiger partial charge in [0.1, 0.15) is 0 Å². The van der Waals surface area contributed by atoms with E-state index in [0.717, 1.165) is 6.42 Å². The minimum atomic E-state index is 0. The molecule has 0 aromatic heterocycles. The molecule has 0 saturated carbocycles. The Hall–Kier alpha value is 0.597. The third-order valence-corrected chi connectivity index (χ3v) is 0.750. The Morgan fingerprint density at radius 3 is 1.43 bits per heavy atom. The van der Waals surface area contributed by atoms with E-state index in [1.807, 2.05) is 0 Å². The van der Waals surface area contributed by atoms with E-state index in [0.29, 0.717) is 5.41 Å². The second-order valence-corrected chi connectivity index (χ2v) is 2.81. The summed E-state index contributed by atoms with van der Waals surface area (Å²) in [6.07, 6.45) is 1.02. The molecule has 0 N–H and O–H groups in total. The van der Waals surface area contributed by atoms with Crippen molar-refractivity contribution >= 4 is 0 Å². The number of hydrogen-bond donors (Lipinski definition) is 0. The molecule has 7 heavy (non-hydrogen) atoms. The first kappa shape index (κ1) is 10.6. The average Bonchev–Trinajstić information content (AvgIpc) is 1.35. The molecule has 0 atom stereocenters. The van der Waals surface area contributed by atoms with Crippen LogP contribution in [-0.4, -0.2) is 0 Å². The molecule has 0 fully saturated rings. The van der Waals surface area contributed by atoms with Crippen molar-refractivity contribution in [1.29, 1.82) is 0 Å². The van der Waals surface area contributed by atoms with E-state index < -0.39 is 0 Å². The smallest absolute Gasteiger partial charge is 0.343 e. The molecule has 0 heterocycles. The molecular formula is C6H13Li. The average molecular weight is 92.1 g/mol. The number of rotatable bonds is 0. The van der Waals surface area contributed by atoms with Crippen molar-refractivity contribution in [1.82, 2.24) is 0 Å². The van der Waals surface area contributed by atoms with Crippen molar-refractivity contribution in [3.05, 3.63) is 6.92 Å². The van der Waals surface area contributed by atoms with Gasteiger partial charge in [-0.3, -0.25) is 0 Å². The fourth-order valence-electron chi connectivity index (χ4n) is 0. The summed E-state index contributed by atoms with van der Waals surface area (Å²) in [6, 6.07) is 0. The van der Waals surface area contributed by atoms with E-state index in [1.165, 1.54) is 0 Å².